The van der Waals surface area contributed by atoms with Gasteiger partial charge in [-0.15, -0.1) is 11.3 Å². The van der Waals surface area contributed by atoms with Crippen LogP contribution in [0, 0.1) is 11.3 Å². The molecule has 0 fully saturated rings. The Hall–Kier alpha value is -1.41. The number of aromatic nitrogens is 1. The van der Waals surface area contributed by atoms with Gasteiger partial charge in [-0.2, -0.15) is 5.26 Å². The fourth-order valence-electron chi connectivity index (χ4n) is 1.03. The van der Waals surface area contributed by atoms with Gasteiger partial charge in [-0.3, -0.25) is 4.79 Å². The van der Waals surface area contributed by atoms with E-state index in [4.69, 9.17) is 10.00 Å². The molecule has 0 unspecified atom stereocenters. The third kappa shape index (κ3) is 2.34. The zero-order valence-corrected chi connectivity index (χ0v) is 9.72. The highest BCUT2D eigenvalue weighted by atomic mass is 32.1. The van der Waals surface area contributed by atoms with Crippen LogP contribution in [-0.2, 0) is 14.9 Å². The van der Waals surface area contributed by atoms with Crippen molar-refractivity contribution in [1.29, 1.82) is 5.26 Å². The summed E-state index contributed by atoms with van der Waals surface area (Å²) in [6.07, 6.45) is 0. The molecule has 0 N–H and O–H groups in total. The van der Waals surface area contributed by atoms with Crippen LogP contribution in [0.15, 0.2) is 5.38 Å². The van der Waals surface area contributed by atoms with E-state index in [0.717, 1.165) is 0 Å². The molecule has 1 rings (SSSR count). The quantitative estimate of drug-likeness (QED) is 0.735. The molecule has 4 nitrogen and oxygen atoms in total. The average molecular weight is 224 g/mol. The fourth-order valence-corrected chi connectivity index (χ4v) is 1.80. The van der Waals surface area contributed by atoms with Crippen LogP contribution in [0.2, 0.25) is 0 Å². The van der Waals surface area contributed by atoms with Crippen molar-refractivity contribution in [2.24, 2.45) is 0 Å². The van der Waals surface area contributed by atoms with E-state index in [1.165, 1.54) is 11.3 Å². The van der Waals surface area contributed by atoms with Crippen molar-refractivity contribution in [3.8, 4) is 6.07 Å². The van der Waals surface area contributed by atoms with Crippen molar-refractivity contribution in [3.05, 3.63) is 16.1 Å². The zero-order chi connectivity index (χ0) is 11.5. The van der Waals surface area contributed by atoms with Gasteiger partial charge in [0, 0.05) is 5.38 Å². The van der Waals surface area contributed by atoms with E-state index in [-0.39, 0.29) is 5.97 Å². The van der Waals surface area contributed by atoms with Gasteiger partial charge in [0.15, 0.2) is 5.01 Å². The maximum absolute atomic E-state index is 11.6. The molecule has 15 heavy (non-hydrogen) atoms. The first-order valence-electron chi connectivity index (χ1n) is 4.55. The Kier molecular flexibility index (Phi) is 3.43. The summed E-state index contributed by atoms with van der Waals surface area (Å²) in [5.74, 6) is -0.320. The summed E-state index contributed by atoms with van der Waals surface area (Å²) >= 11 is 1.23. The van der Waals surface area contributed by atoms with E-state index in [2.05, 4.69) is 4.98 Å². The molecule has 1 heterocycles. The normalized spacial score (nSPS) is 10.8. The summed E-state index contributed by atoms with van der Waals surface area (Å²) in [6.45, 7) is 5.58. The van der Waals surface area contributed by atoms with Gasteiger partial charge >= 0.3 is 5.97 Å². The van der Waals surface area contributed by atoms with E-state index >= 15 is 0 Å². The predicted octanol–water partition coefficient (Wildman–Crippen LogP) is 1.86. The lowest BCUT2D eigenvalue weighted by Gasteiger charge is -2.19. The first-order valence-corrected chi connectivity index (χ1v) is 5.43. The smallest absolute Gasteiger partial charge is 0.317 e. The SMILES string of the molecule is CCOC(=O)C(C)(C)c1csc(C#N)n1. The van der Waals surface area contributed by atoms with Crippen LogP contribution in [-0.4, -0.2) is 17.6 Å². The first kappa shape index (κ1) is 11.7. The number of nitriles is 1. The topological polar surface area (TPSA) is 63.0 Å². The first-order chi connectivity index (χ1) is 7.02. The van der Waals surface area contributed by atoms with Gasteiger partial charge in [-0.25, -0.2) is 4.98 Å². The second-order valence-corrected chi connectivity index (χ2v) is 4.35. The number of hydrogen-bond donors (Lipinski definition) is 0. The molecule has 0 atom stereocenters. The van der Waals surface area contributed by atoms with Crippen molar-refractivity contribution in [1.82, 2.24) is 4.98 Å². The molecule has 0 bridgehead atoms. The van der Waals surface area contributed by atoms with E-state index in [9.17, 15) is 4.79 Å². The maximum Gasteiger partial charge on any atom is 0.317 e. The van der Waals surface area contributed by atoms with Crippen LogP contribution in [0.3, 0.4) is 0 Å². The lowest BCUT2D eigenvalue weighted by molar-refractivity contribution is -0.148. The highest BCUT2D eigenvalue weighted by Gasteiger charge is 2.33. The van der Waals surface area contributed by atoms with Gasteiger partial charge in [0.25, 0.3) is 0 Å². The Labute approximate surface area is 92.5 Å². The third-order valence-electron chi connectivity index (χ3n) is 2.03. The molecule has 0 saturated heterocycles. The number of carbonyl (C=O) groups is 1. The molecular formula is C10H12N2O2S. The lowest BCUT2D eigenvalue weighted by atomic mass is 9.90. The van der Waals surface area contributed by atoms with Crippen LogP contribution in [0.25, 0.3) is 0 Å². The molecular weight excluding hydrogens is 212 g/mol. The fraction of sp³-hybridized carbons (Fsp3) is 0.500. The molecule has 0 spiro atoms. The minimum absolute atomic E-state index is 0.320. The number of hydrogen-bond acceptors (Lipinski definition) is 5. The number of rotatable bonds is 3. The monoisotopic (exact) mass is 224 g/mol. The molecule has 1 aromatic heterocycles. The standard InChI is InChI=1S/C10H12N2O2S/c1-4-14-9(13)10(2,3)7-6-15-8(5-11)12-7/h6H,4H2,1-3H3. The Morgan fingerprint density at radius 3 is 2.87 bits per heavy atom. The average Bonchev–Trinajstić information content (AvgIpc) is 2.66. The van der Waals surface area contributed by atoms with Gasteiger partial charge in [-0.05, 0) is 20.8 Å². The van der Waals surface area contributed by atoms with Crippen molar-refractivity contribution in [2.75, 3.05) is 6.61 Å². The zero-order valence-electron chi connectivity index (χ0n) is 8.90. The van der Waals surface area contributed by atoms with Crippen LogP contribution >= 0.6 is 11.3 Å². The van der Waals surface area contributed by atoms with Crippen molar-refractivity contribution >= 4 is 17.3 Å². The van der Waals surface area contributed by atoms with Gasteiger partial charge in [0.05, 0.1) is 12.3 Å². The number of esters is 1. The van der Waals surface area contributed by atoms with Gasteiger partial charge in [-0.1, -0.05) is 0 Å². The largest absolute Gasteiger partial charge is 0.465 e. The number of carbonyl (C=O) groups excluding carboxylic acids is 1. The summed E-state index contributed by atoms with van der Waals surface area (Å²) < 4.78 is 4.95. The second kappa shape index (κ2) is 4.41. The molecule has 0 saturated carbocycles. The highest BCUT2D eigenvalue weighted by molar-refractivity contribution is 7.10. The van der Waals surface area contributed by atoms with Crippen LogP contribution in [0.1, 0.15) is 31.5 Å². The minimum atomic E-state index is -0.790. The van der Waals surface area contributed by atoms with Gasteiger partial charge in [0.1, 0.15) is 11.5 Å². The summed E-state index contributed by atoms with van der Waals surface area (Å²) in [6, 6.07) is 1.95. The molecule has 0 aliphatic rings. The van der Waals surface area contributed by atoms with Gasteiger partial charge in [0.2, 0.25) is 0 Å². The van der Waals surface area contributed by atoms with E-state index < -0.39 is 5.41 Å². The predicted molar refractivity (Wildman–Crippen MR) is 56.5 cm³/mol. The van der Waals surface area contributed by atoms with E-state index in [1.54, 1.807) is 26.2 Å². The number of ether oxygens (including phenoxy) is 1. The maximum atomic E-state index is 11.6. The van der Waals surface area contributed by atoms with Crippen LogP contribution in [0.5, 0.6) is 0 Å². The summed E-state index contributed by atoms with van der Waals surface area (Å²) in [5.41, 5.74) is -0.204. The van der Waals surface area contributed by atoms with Crippen molar-refractivity contribution in [3.63, 3.8) is 0 Å². The summed E-state index contributed by atoms with van der Waals surface area (Å²) in [7, 11) is 0. The minimum Gasteiger partial charge on any atom is -0.465 e. The summed E-state index contributed by atoms with van der Waals surface area (Å²) in [5, 5.41) is 10.7. The highest BCUT2D eigenvalue weighted by Crippen LogP contribution is 2.25. The molecule has 80 valence electrons. The van der Waals surface area contributed by atoms with Crippen LogP contribution < -0.4 is 0 Å². The molecule has 0 amide bonds. The van der Waals surface area contributed by atoms with Crippen molar-refractivity contribution in [2.45, 2.75) is 26.2 Å². The van der Waals surface area contributed by atoms with E-state index in [0.29, 0.717) is 17.3 Å². The molecule has 0 aliphatic heterocycles. The molecule has 0 aromatic carbocycles. The summed E-state index contributed by atoms with van der Waals surface area (Å²) in [4.78, 5) is 15.7. The molecule has 0 radical (unpaired) electrons. The Morgan fingerprint density at radius 2 is 2.40 bits per heavy atom. The third-order valence-corrected chi connectivity index (χ3v) is 2.77. The number of nitrogens with zero attached hydrogens (tertiary/aromatic N) is 2. The lowest BCUT2D eigenvalue weighted by Crippen LogP contribution is -2.31. The molecule has 1 aromatic rings. The Bertz CT molecular complexity index is 404. The van der Waals surface area contributed by atoms with E-state index in [1.807, 2.05) is 6.07 Å². The van der Waals surface area contributed by atoms with Gasteiger partial charge < -0.3 is 4.74 Å². The van der Waals surface area contributed by atoms with Crippen LogP contribution in [0.4, 0.5) is 0 Å². The second-order valence-electron chi connectivity index (χ2n) is 3.50. The van der Waals surface area contributed by atoms with Crippen molar-refractivity contribution < 1.29 is 9.53 Å². The molecule has 0 aliphatic carbocycles. The Morgan fingerprint density at radius 1 is 1.73 bits per heavy atom. The molecule has 5 heteroatoms. The Balaban J connectivity index is 2.95. The number of thiazole rings is 1.